The Morgan fingerprint density at radius 1 is 1.32 bits per heavy atom. The van der Waals surface area contributed by atoms with Crippen LogP contribution in [-0.2, 0) is 22.6 Å². The number of fused-ring (bicyclic) bond motifs is 1. The Labute approximate surface area is 127 Å². The predicted molar refractivity (Wildman–Crippen MR) is 80.4 cm³/mol. The standard InChI is InChI=1S/C15H18N4O3/c16-13(20)9-19-14(10-18-5-7-22-8-6-18)17-12-4-2-1-3-11(12)15(19)21/h1-4H,5-10H2,(H2,16,20)/p+1. The summed E-state index contributed by atoms with van der Waals surface area (Å²) < 4.78 is 6.74. The van der Waals surface area contributed by atoms with Gasteiger partial charge < -0.3 is 15.4 Å². The minimum atomic E-state index is -0.544. The summed E-state index contributed by atoms with van der Waals surface area (Å²) in [7, 11) is 0. The van der Waals surface area contributed by atoms with E-state index in [0.29, 0.717) is 36.5 Å². The first-order chi connectivity index (χ1) is 10.6. The largest absolute Gasteiger partial charge is 0.370 e. The van der Waals surface area contributed by atoms with Gasteiger partial charge in [0.1, 0.15) is 26.2 Å². The highest BCUT2D eigenvalue weighted by Gasteiger charge is 2.19. The number of carbonyl (C=O) groups excluding carboxylic acids is 1. The van der Waals surface area contributed by atoms with Crippen LogP contribution in [0.25, 0.3) is 10.9 Å². The molecular formula is C15H19N4O3+. The van der Waals surface area contributed by atoms with E-state index in [0.717, 1.165) is 13.1 Å². The average Bonchev–Trinajstić information content (AvgIpc) is 2.52. The van der Waals surface area contributed by atoms with E-state index in [9.17, 15) is 9.59 Å². The molecule has 7 nitrogen and oxygen atoms in total. The van der Waals surface area contributed by atoms with E-state index in [2.05, 4.69) is 4.98 Å². The van der Waals surface area contributed by atoms with Gasteiger partial charge in [0.2, 0.25) is 5.91 Å². The van der Waals surface area contributed by atoms with Gasteiger partial charge in [-0.25, -0.2) is 4.98 Å². The Morgan fingerprint density at radius 3 is 2.77 bits per heavy atom. The topological polar surface area (TPSA) is 91.7 Å². The van der Waals surface area contributed by atoms with Crippen LogP contribution in [0.1, 0.15) is 5.82 Å². The summed E-state index contributed by atoms with van der Waals surface area (Å²) in [6.45, 7) is 3.55. The Kier molecular flexibility index (Phi) is 4.17. The van der Waals surface area contributed by atoms with Crippen LogP contribution in [0.15, 0.2) is 29.1 Å². The van der Waals surface area contributed by atoms with Gasteiger partial charge in [0.05, 0.1) is 24.1 Å². The van der Waals surface area contributed by atoms with Gasteiger partial charge in [0, 0.05) is 0 Å². The van der Waals surface area contributed by atoms with Gasteiger partial charge in [-0.3, -0.25) is 14.2 Å². The molecule has 1 aliphatic rings. The summed E-state index contributed by atoms with van der Waals surface area (Å²) in [5, 5.41) is 0.504. The van der Waals surface area contributed by atoms with E-state index < -0.39 is 5.91 Å². The number of carbonyl (C=O) groups is 1. The molecule has 0 saturated carbocycles. The molecule has 1 aromatic carbocycles. The number of nitrogens with zero attached hydrogens (tertiary/aromatic N) is 2. The second-order valence-electron chi connectivity index (χ2n) is 5.44. The molecule has 22 heavy (non-hydrogen) atoms. The Hall–Kier alpha value is -2.25. The fraction of sp³-hybridized carbons (Fsp3) is 0.400. The molecule has 0 atom stereocenters. The molecule has 3 rings (SSSR count). The van der Waals surface area contributed by atoms with Crippen LogP contribution in [0.5, 0.6) is 0 Å². The van der Waals surface area contributed by atoms with Crippen molar-refractivity contribution in [1.82, 2.24) is 9.55 Å². The number of amides is 1. The van der Waals surface area contributed by atoms with Crippen molar-refractivity contribution in [2.45, 2.75) is 13.1 Å². The van der Waals surface area contributed by atoms with E-state index in [-0.39, 0.29) is 12.1 Å². The van der Waals surface area contributed by atoms with Gasteiger partial charge in [-0.2, -0.15) is 0 Å². The van der Waals surface area contributed by atoms with E-state index in [4.69, 9.17) is 10.5 Å². The second-order valence-corrected chi connectivity index (χ2v) is 5.44. The number of rotatable bonds is 4. The van der Waals surface area contributed by atoms with Gasteiger partial charge >= 0.3 is 0 Å². The van der Waals surface area contributed by atoms with Crippen LogP contribution in [-0.4, -0.2) is 41.8 Å². The summed E-state index contributed by atoms with van der Waals surface area (Å²) >= 11 is 0. The number of quaternary nitrogens is 1. The number of hydrogen-bond donors (Lipinski definition) is 2. The van der Waals surface area contributed by atoms with Crippen molar-refractivity contribution in [2.75, 3.05) is 26.3 Å². The monoisotopic (exact) mass is 303 g/mol. The average molecular weight is 303 g/mol. The lowest BCUT2D eigenvalue weighted by Crippen LogP contribution is -3.13. The minimum Gasteiger partial charge on any atom is -0.370 e. The molecule has 1 amide bonds. The number of benzene rings is 1. The summed E-state index contributed by atoms with van der Waals surface area (Å²) in [6, 6.07) is 7.16. The van der Waals surface area contributed by atoms with Gasteiger partial charge in [0.25, 0.3) is 5.56 Å². The molecule has 1 aliphatic heterocycles. The Bertz CT molecular complexity index is 750. The van der Waals surface area contributed by atoms with Crippen molar-refractivity contribution in [3.05, 3.63) is 40.4 Å². The lowest BCUT2D eigenvalue weighted by molar-refractivity contribution is -0.922. The number of aromatic nitrogens is 2. The maximum absolute atomic E-state index is 12.6. The maximum Gasteiger partial charge on any atom is 0.262 e. The van der Waals surface area contributed by atoms with Crippen LogP contribution >= 0.6 is 0 Å². The summed E-state index contributed by atoms with van der Waals surface area (Å²) in [5.74, 6) is 0.0526. The number of ether oxygens (including phenoxy) is 1. The first kappa shape index (κ1) is 14.7. The van der Waals surface area contributed by atoms with Crippen LogP contribution in [0.2, 0.25) is 0 Å². The molecule has 0 radical (unpaired) electrons. The quantitative estimate of drug-likeness (QED) is 0.704. The summed E-state index contributed by atoms with van der Waals surface area (Å²) in [5.41, 5.74) is 5.72. The summed E-state index contributed by atoms with van der Waals surface area (Å²) in [4.78, 5) is 29.8. The van der Waals surface area contributed by atoms with Gasteiger partial charge in [-0.05, 0) is 12.1 Å². The molecule has 116 valence electrons. The first-order valence-corrected chi connectivity index (χ1v) is 7.33. The number of morpholine rings is 1. The zero-order valence-corrected chi connectivity index (χ0v) is 12.2. The third-order valence-corrected chi connectivity index (χ3v) is 3.86. The SMILES string of the molecule is NC(=O)Cn1c(C[NH+]2CCOCC2)nc2ccccc2c1=O. The fourth-order valence-corrected chi connectivity index (χ4v) is 2.73. The van der Waals surface area contributed by atoms with Crippen molar-refractivity contribution in [3.63, 3.8) is 0 Å². The molecule has 2 heterocycles. The molecule has 1 fully saturated rings. The summed E-state index contributed by atoms with van der Waals surface area (Å²) in [6.07, 6.45) is 0. The Morgan fingerprint density at radius 2 is 2.05 bits per heavy atom. The van der Waals surface area contributed by atoms with Gasteiger partial charge in [-0.1, -0.05) is 12.1 Å². The second kappa shape index (κ2) is 6.25. The zero-order chi connectivity index (χ0) is 15.5. The molecule has 0 bridgehead atoms. The van der Waals surface area contributed by atoms with E-state index >= 15 is 0 Å². The lowest BCUT2D eigenvalue weighted by Gasteiger charge is -2.24. The van der Waals surface area contributed by atoms with E-state index in [1.165, 1.54) is 9.47 Å². The van der Waals surface area contributed by atoms with E-state index in [1.807, 2.05) is 12.1 Å². The molecule has 2 aromatic rings. The van der Waals surface area contributed by atoms with Crippen LogP contribution in [0.3, 0.4) is 0 Å². The first-order valence-electron chi connectivity index (χ1n) is 7.33. The van der Waals surface area contributed by atoms with Crippen LogP contribution in [0.4, 0.5) is 0 Å². The third kappa shape index (κ3) is 3.00. The highest BCUT2D eigenvalue weighted by atomic mass is 16.5. The van der Waals surface area contributed by atoms with E-state index in [1.54, 1.807) is 12.1 Å². The van der Waals surface area contributed by atoms with Crippen molar-refractivity contribution in [1.29, 1.82) is 0 Å². The van der Waals surface area contributed by atoms with Crippen molar-refractivity contribution >= 4 is 16.8 Å². The van der Waals surface area contributed by atoms with Gasteiger partial charge in [0.15, 0.2) is 5.82 Å². The molecule has 7 heteroatoms. The highest BCUT2D eigenvalue weighted by molar-refractivity contribution is 5.78. The highest BCUT2D eigenvalue weighted by Crippen LogP contribution is 2.07. The molecule has 1 saturated heterocycles. The predicted octanol–water partition coefficient (Wildman–Crippen LogP) is -1.70. The van der Waals surface area contributed by atoms with Crippen molar-refractivity contribution in [2.24, 2.45) is 5.73 Å². The molecule has 0 aliphatic carbocycles. The number of hydrogen-bond acceptors (Lipinski definition) is 4. The van der Waals surface area contributed by atoms with Crippen molar-refractivity contribution in [3.8, 4) is 0 Å². The van der Waals surface area contributed by atoms with Crippen molar-refractivity contribution < 1.29 is 14.4 Å². The van der Waals surface area contributed by atoms with Crippen LogP contribution in [0, 0.1) is 0 Å². The number of para-hydroxylation sites is 1. The fourth-order valence-electron chi connectivity index (χ4n) is 2.73. The normalized spacial score (nSPS) is 16.0. The minimum absolute atomic E-state index is 0.143. The molecule has 0 spiro atoms. The lowest BCUT2D eigenvalue weighted by atomic mass is 10.2. The van der Waals surface area contributed by atoms with Crippen LogP contribution < -0.4 is 16.2 Å². The smallest absolute Gasteiger partial charge is 0.262 e. The molecule has 3 N–H and O–H groups in total. The molecule has 0 unspecified atom stereocenters. The third-order valence-electron chi connectivity index (χ3n) is 3.86. The number of nitrogens with one attached hydrogen (secondary N) is 1. The van der Waals surface area contributed by atoms with Gasteiger partial charge in [-0.15, -0.1) is 0 Å². The Balaban J connectivity index is 2.05. The number of primary amides is 1. The maximum atomic E-state index is 12.6. The zero-order valence-electron chi connectivity index (χ0n) is 12.2. The molecule has 1 aromatic heterocycles. The number of nitrogens with two attached hydrogens (primary N) is 1. The molecular weight excluding hydrogens is 284 g/mol.